The molecular weight excluding hydrogens is 326 g/mol. The van der Waals surface area contributed by atoms with Crippen molar-refractivity contribution in [2.45, 2.75) is 4.90 Å². The third kappa shape index (κ3) is 4.94. The minimum atomic E-state index is -4.23. The van der Waals surface area contributed by atoms with E-state index in [0.29, 0.717) is 11.5 Å². The molecule has 23 heavy (non-hydrogen) atoms. The third-order valence-electron chi connectivity index (χ3n) is 2.77. The molecule has 0 aromatic heterocycles. The molecule has 0 radical (unpaired) electrons. The summed E-state index contributed by atoms with van der Waals surface area (Å²) >= 11 is 0. The van der Waals surface area contributed by atoms with Crippen LogP contribution >= 0.6 is 0 Å². The Balaban J connectivity index is 1.84. The highest BCUT2D eigenvalue weighted by molar-refractivity contribution is 7.85. The maximum absolute atomic E-state index is 10.9. The van der Waals surface area contributed by atoms with Crippen molar-refractivity contribution < 1.29 is 27.4 Å². The monoisotopic (exact) mass is 339 g/mol. The first kappa shape index (κ1) is 16.7. The number of non-ortho nitro benzene ring substituents is 1. The van der Waals surface area contributed by atoms with Crippen molar-refractivity contribution >= 4 is 15.8 Å². The van der Waals surface area contributed by atoms with Crippen LogP contribution in [0.25, 0.3) is 0 Å². The van der Waals surface area contributed by atoms with Crippen molar-refractivity contribution in [1.29, 1.82) is 0 Å². The minimum Gasteiger partial charge on any atom is -0.490 e. The van der Waals surface area contributed by atoms with Crippen molar-refractivity contribution in [1.82, 2.24) is 0 Å². The molecule has 0 amide bonds. The normalized spacial score (nSPS) is 11.0. The molecule has 122 valence electrons. The van der Waals surface area contributed by atoms with Gasteiger partial charge in [0.2, 0.25) is 0 Å². The molecule has 0 aliphatic heterocycles. The van der Waals surface area contributed by atoms with Gasteiger partial charge in [-0.05, 0) is 30.3 Å². The average Bonchev–Trinajstić information content (AvgIpc) is 2.51. The van der Waals surface area contributed by atoms with Crippen LogP contribution in [-0.4, -0.2) is 31.1 Å². The predicted octanol–water partition coefficient (Wildman–Crippen LogP) is 2.30. The van der Waals surface area contributed by atoms with Crippen molar-refractivity contribution in [2.24, 2.45) is 0 Å². The molecular formula is C14H13NO7S. The zero-order valence-electron chi connectivity index (χ0n) is 11.8. The number of benzene rings is 2. The summed E-state index contributed by atoms with van der Waals surface area (Å²) in [5.74, 6) is 0.754. The summed E-state index contributed by atoms with van der Waals surface area (Å²) in [6.45, 7) is 0.315. The maximum Gasteiger partial charge on any atom is 0.294 e. The van der Waals surface area contributed by atoms with Gasteiger partial charge in [0, 0.05) is 6.07 Å². The number of nitro groups is 1. The molecule has 0 bridgehead atoms. The average molecular weight is 339 g/mol. The topological polar surface area (TPSA) is 116 Å². The Bertz CT molecular complexity index is 787. The van der Waals surface area contributed by atoms with E-state index in [1.807, 2.05) is 0 Å². The van der Waals surface area contributed by atoms with Crippen molar-refractivity contribution in [2.75, 3.05) is 13.2 Å². The molecule has 0 saturated carbocycles. The van der Waals surface area contributed by atoms with E-state index in [9.17, 15) is 18.5 Å². The van der Waals surface area contributed by atoms with Gasteiger partial charge in [-0.2, -0.15) is 8.42 Å². The van der Waals surface area contributed by atoms with E-state index >= 15 is 0 Å². The predicted molar refractivity (Wildman–Crippen MR) is 80.3 cm³/mol. The van der Waals surface area contributed by atoms with Gasteiger partial charge in [-0.25, -0.2) is 0 Å². The van der Waals surface area contributed by atoms with Gasteiger partial charge in [0.25, 0.3) is 15.8 Å². The molecule has 0 atom stereocenters. The lowest BCUT2D eigenvalue weighted by molar-refractivity contribution is -0.384. The number of hydrogen-bond acceptors (Lipinski definition) is 6. The lowest BCUT2D eigenvalue weighted by Crippen LogP contribution is -2.09. The summed E-state index contributed by atoms with van der Waals surface area (Å²) in [5.41, 5.74) is -0.0655. The molecule has 0 heterocycles. The van der Waals surface area contributed by atoms with Crippen LogP contribution in [-0.2, 0) is 10.1 Å². The molecule has 0 aliphatic carbocycles. The standard InChI is InChI=1S/C14H13NO7S/c16-15(17)11-2-1-3-13(10-11)22-9-8-21-12-4-6-14(7-5-12)23(18,19)20/h1-7,10H,8-9H2,(H,18,19,20). The van der Waals surface area contributed by atoms with Gasteiger partial charge < -0.3 is 9.47 Å². The number of rotatable bonds is 7. The van der Waals surface area contributed by atoms with Gasteiger partial charge in [0.15, 0.2) is 0 Å². The van der Waals surface area contributed by atoms with Gasteiger partial charge >= 0.3 is 0 Å². The maximum atomic E-state index is 10.9. The van der Waals surface area contributed by atoms with E-state index in [1.165, 1.54) is 42.5 Å². The van der Waals surface area contributed by atoms with Crippen LogP contribution in [0.3, 0.4) is 0 Å². The first-order valence-electron chi connectivity index (χ1n) is 6.44. The first-order valence-corrected chi connectivity index (χ1v) is 7.88. The zero-order chi connectivity index (χ0) is 16.9. The zero-order valence-corrected chi connectivity index (χ0v) is 12.6. The van der Waals surface area contributed by atoms with Crippen molar-refractivity contribution in [3.8, 4) is 11.5 Å². The van der Waals surface area contributed by atoms with Crippen molar-refractivity contribution in [3.05, 3.63) is 58.6 Å². The number of nitrogens with zero attached hydrogens (tertiary/aromatic N) is 1. The fourth-order valence-electron chi connectivity index (χ4n) is 1.71. The molecule has 0 aliphatic rings. The molecule has 0 saturated heterocycles. The highest BCUT2D eigenvalue weighted by atomic mass is 32.2. The highest BCUT2D eigenvalue weighted by Gasteiger charge is 2.09. The van der Waals surface area contributed by atoms with E-state index in [0.717, 1.165) is 0 Å². The van der Waals surface area contributed by atoms with Crippen molar-refractivity contribution in [3.63, 3.8) is 0 Å². The van der Waals surface area contributed by atoms with Crippen LogP contribution in [0, 0.1) is 10.1 Å². The van der Waals surface area contributed by atoms with Gasteiger partial charge in [-0.3, -0.25) is 14.7 Å². The molecule has 2 aromatic rings. The van der Waals surface area contributed by atoms with E-state index in [-0.39, 0.29) is 23.8 Å². The van der Waals surface area contributed by atoms with Crippen LogP contribution < -0.4 is 9.47 Å². The summed E-state index contributed by atoms with van der Waals surface area (Å²) in [6.07, 6.45) is 0. The Morgan fingerprint density at radius 3 is 2.17 bits per heavy atom. The Labute approximate surface area is 132 Å². The van der Waals surface area contributed by atoms with E-state index in [1.54, 1.807) is 6.07 Å². The smallest absolute Gasteiger partial charge is 0.294 e. The Morgan fingerprint density at radius 1 is 1.00 bits per heavy atom. The molecule has 2 rings (SSSR count). The Hall–Kier alpha value is -2.65. The summed E-state index contributed by atoms with van der Waals surface area (Å²) < 4.78 is 41.3. The molecule has 0 spiro atoms. The molecule has 2 aromatic carbocycles. The molecule has 9 heteroatoms. The van der Waals surface area contributed by atoms with Gasteiger partial charge in [-0.1, -0.05) is 6.07 Å². The summed E-state index contributed by atoms with van der Waals surface area (Å²) in [5, 5.41) is 10.6. The van der Waals surface area contributed by atoms with Crippen LogP contribution in [0.1, 0.15) is 0 Å². The first-order chi connectivity index (χ1) is 10.9. The van der Waals surface area contributed by atoms with Gasteiger partial charge in [-0.15, -0.1) is 0 Å². The Kier molecular flexibility index (Phi) is 5.14. The second-order valence-electron chi connectivity index (χ2n) is 4.40. The lowest BCUT2D eigenvalue weighted by Gasteiger charge is -2.08. The number of ether oxygens (including phenoxy) is 2. The fourth-order valence-corrected chi connectivity index (χ4v) is 2.19. The molecule has 8 nitrogen and oxygen atoms in total. The summed E-state index contributed by atoms with van der Waals surface area (Å²) in [7, 11) is -4.23. The van der Waals surface area contributed by atoms with Gasteiger partial charge in [0.05, 0.1) is 15.9 Å². The quantitative estimate of drug-likeness (QED) is 0.356. The SMILES string of the molecule is O=[N+]([O-])c1cccc(OCCOc2ccc(S(=O)(=O)O)cc2)c1. The molecule has 0 unspecified atom stereocenters. The van der Waals surface area contributed by atoms with Crippen LogP contribution in [0.15, 0.2) is 53.4 Å². The summed E-state index contributed by atoms with van der Waals surface area (Å²) in [4.78, 5) is 9.89. The van der Waals surface area contributed by atoms with Gasteiger partial charge in [0.1, 0.15) is 24.7 Å². The second-order valence-corrected chi connectivity index (χ2v) is 5.82. The Morgan fingerprint density at radius 2 is 1.61 bits per heavy atom. The van der Waals surface area contributed by atoms with E-state index < -0.39 is 15.0 Å². The van der Waals surface area contributed by atoms with E-state index in [2.05, 4.69) is 0 Å². The number of hydrogen-bond donors (Lipinski definition) is 1. The lowest BCUT2D eigenvalue weighted by atomic mass is 10.3. The van der Waals surface area contributed by atoms with Crippen LogP contribution in [0.5, 0.6) is 11.5 Å². The van der Waals surface area contributed by atoms with Crippen LogP contribution in [0.2, 0.25) is 0 Å². The minimum absolute atomic E-state index is 0.0655. The summed E-state index contributed by atoms with van der Waals surface area (Å²) in [6, 6.07) is 11.0. The van der Waals surface area contributed by atoms with Crippen LogP contribution in [0.4, 0.5) is 5.69 Å². The van der Waals surface area contributed by atoms with E-state index in [4.69, 9.17) is 14.0 Å². The number of nitro benzene ring substituents is 1. The fraction of sp³-hybridized carbons (Fsp3) is 0.143. The second kappa shape index (κ2) is 7.07. The largest absolute Gasteiger partial charge is 0.490 e. The molecule has 1 N–H and O–H groups in total. The molecule has 0 fully saturated rings. The third-order valence-corrected chi connectivity index (χ3v) is 3.64. The highest BCUT2D eigenvalue weighted by Crippen LogP contribution is 2.19.